The second-order valence-corrected chi connectivity index (χ2v) is 6.91. The molecule has 0 bridgehead atoms. The maximum atomic E-state index is 12.1. The number of amides is 1. The van der Waals surface area contributed by atoms with E-state index in [1.54, 1.807) is 23.1 Å². The number of ether oxygens (including phenoxy) is 1. The molecule has 0 radical (unpaired) electrons. The van der Waals surface area contributed by atoms with E-state index in [4.69, 9.17) is 4.74 Å². The highest BCUT2D eigenvalue weighted by Crippen LogP contribution is 2.23. The molecule has 6 heteroatoms. The monoisotopic (exact) mass is 334 g/mol. The fourth-order valence-corrected chi connectivity index (χ4v) is 3.75. The Kier molecular flexibility index (Phi) is 5.48. The first-order valence-electron chi connectivity index (χ1n) is 7.31. The molecule has 3 rings (SSSR count). The van der Waals surface area contributed by atoms with Crippen molar-refractivity contribution < 1.29 is 9.53 Å². The number of nitrogens with one attached hydrogen (secondary N) is 1. The molecule has 2 aromatic rings. The van der Waals surface area contributed by atoms with Gasteiger partial charge in [0.1, 0.15) is 0 Å². The van der Waals surface area contributed by atoms with Gasteiger partial charge in [-0.2, -0.15) is 0 Å². The predicted octanol–water partition coefficient (Wildman–Crippen LogP) is 3.34. The molecule has 1 amide bonds. The Labute approximate surface area is 138 Å². The third-order valence-electron chi connectivity index (χ3n) is 3.50. The molecule has 1 N–H and O–H groups in total. The standard InChI is InChI=1S/C16H18N2O2S2/c19-16(17-8-14-2-1-7-20-14)12-3-5-15(6-4-12)22-10-13-9-21-11-18-13/h3-6,9,11,14H,1-2,7-8,10H2,(H,17,19). The molecule has 1 unspecified atom stereocenters. The van der Waals surface area contributed by atoms with E-state index in [0.29, 0.717) is 12.1 Å². The number of carbonyl (C=O) groups excluding carboxylic acids is 1. The minimum absolute atomic E-state index is 0.0356. The van der Waals surface area contributed by atoms with Crippen LogP contribution in [0.15, 0.2) is 40.1 Å². The maximum absolute atomic E-state index is 12.1. The highest BCUT2D eigenvalue weighted by molar-refractivity contribution is 7.98. The minimum atomic E-state index is -0.0356. The normalized spacial score (nSPS) is 17.5. The molecule has 1 atom stereocenters. The first-order valence-corrected chi connectivity index (χ1v) is 9.24. The molecule has 1 aromatic heterocycles. The van der Waals surface area contributed by atoms with E-state index in [9.17, 15) is 4.79 Å². The second-order valence-electron chi connectivity index (χ2n) is 5.14. The zero-order valence-electron chi connectivity index (χ0n) is 12.2. The quantitative estimate of drug-likeness (QED) is 0.823. The van der Waals surface area contributed by atoms with Crippen LogP contribution in [0, 0.1) is 0 Å². The van der Waals surface area contributed by atoms with E-state index >= 15 is 0 Å². The molecule has 4 nitrogen and oxygen atoms in total. The van der Waals surface area contributed by atoms with Gasteiger partial charge in [0.2, 0.25) is 0 Å². The number of benzene rings is 1. The molecule has 22 heavy (non-hydrogen) atoms. The summed E-state index contributed by atoms with van der Waals surface area (Å²) in [5.41, 5.74) is 3.63. The van der Waals surface area contributed by atoms with E-state index in [1.807, 2.05) is 29.8 Å². The first-order chi connectivity index (χ1) is 10.8. The van der Waals surface area contributed by atoms with Crippen molar-refractivity contribution in [1.29, 1.82) is 0 Å². The van der Waals surface area contributed by atoms with Crippen LogP contribution in [-0.4, -0.2) is 30.1 Å². The minimum Gasteiger partial charge on any atom is -0.376 e. The summed E-state index contributed by atoms with van der Waals surface area (Å²) < 4.78 is 5.50. The molecular weight excluding hydrogens is 316 g/mol. The van der Waals surface area contributed by atoms with Crippen molar-refractivity contribution in [2.75, 3.05) is 13.2 Å². The molecule has 1 aliphatic heterocycles. The number of hydrogen-bond donors (Lipinski definition) is 1. The van der Waals surface area contributed by atoms with Crippen molar-refractivity contribution in [3.63, 3.8) is 0 Å². The average Bonchev–Trinajstić information content (AvgIpc) is 3.24. The Balaban J connectivity index is 1.48. The van der Waals surface area contributed by atoms with Gasteiger partial charge in [-0.15, -0.1) is 23.1 Å². The average molecular weight is 334 g/mol. The second kappa shape index (κ2) is 7.76. The number of hydrogen-bond acceptors (Lipinski definition) is 5. The lowest BCUT2D eigenvalue weighted by atomic mass is 10.2. The molecule has 116 valence electrons. The Morgan fingerprint density at radius 1 is 1.41 bits per heavy atom. The van der Waals surface area contributed by atoms with Gasteiger partial charge in [0, 0.05) is 34.7 Å². The Hall–Kier alpha value is -1.37. The molecule has 0 aliphatic carbocycles. The van der Waals surface area contributed by atoms with Gasteiger partial charge in [-0.05, 0) is 37.1 Å². The summed E-state index contributed by atoms with van der Waals surface area (Å²) in [6.45, 7) is 1.41. The van der Waals surface area contributed by atoms with Gasteiger partial charge in [0.15, 0.2) is 0 Å². The summed E-state index contributed by atoms with van der Waals surface area (Å²) in [6.07, 6.45) is 2.30. The lowest BCUT2D eigenvalue weighted by Crippen LogP contribution is -2.31. The summed E-state index contributed by atoms with van der Waals surface area (Å²) >= 11 is 3.33. The largest absolute Gasteiger partial charge is 0.376 e. The summed E-state index contributed by atoms with van der Waals surface area (Å²) in [4.78, 5) is 17.5. The Bertz CT molecular complexity index is 593. The van der Waals surface area contributed by atoms with Crippen molar-refractivity contribution in [2.24, 2.45) is 0 Å². The molecule has 1 saturated heterocycles. The number of nitrogens with zero attached hydrogens (tertiary/aromatic N) is 1. The lowest BCUT2D eigenvalue weighted by Gasteiger charge is -2.11. The van der Waals surface area contributed by atoms with Crippen molar-refractivity contribution in [3.8, 4) is 0 Å². The molecular formula is C16H18N2O2S2. The van der Waals surface area contributed by atoms with Crippen LogP contribution in [0.2, 0.25) is 0 Å². The summed E-state index contributed by atoms with van der Waals surface area (Å²) in [5, 5.41) is 4.99. The van der Waals surface area contributed by atoms with Crippen LogP contribution in [0.4, 0.5) is 0 Å². The predicted molar refractivity (Wildman–Crippen MR) is 89.4 cm³/mol. The van der Waals surface area contributed by atoms with Gasteiger partial charge in [-0.1, -0.05) is 0 Å². The molecule has 1 aromatic carbocycles. The zero-order chi connectivity index (χ0) is 15.2. The maximum Gasteiger partial charge on any atom is 0.251 e. The summed E-state index contributed by atoms with van der Waals surface area (Å²) in [7, 11) is 0. The number of thioether (sulfide) groups is 1. The van der Waals surface area contributed by atoms with E-state index in [-0.39, 0.29) is 12.0 Å². The summed E-state index contributed by atoms with van der Waals surface area (Å²) in [5.74, 6) is 0.820. The van der Waals surface area contributed by atoms with E-state index in [0.717, 1.165) is 35.8 Å². The van der Waals surface area contributed by atoms with E-state index in [1.165, 1.54) is 0 Å². The lowest BCUT2D eigenvalue weighted by molar-refractivity contribution is 0.0857. The molecule has 1 aliphatic rings. The molecule has 0 spiro atoms. The van der Waals surface area contributed by atoms with Crippen LogP contribution in [0.1, 0.15) is 28.9 Å². The van der Waals surface area contributed by atoms with Gasteiger partial charge in [0.05, 0.1) is 17.3 Å². The number of thiazole rings is 1. The topological polar surface area (TPSA) is 51.2 Å². The van der Waals surface area contributed by atoms with Gasteiger partial charge >= 0.3 is 0 Å². The smallest absolute Gasteiger partial charge is 0.251 e. The highest BCUT2D eigenvalue weighted by Gasteiger charge is 2.16. The third kappa shape index (κ3) is 4.32. The van der Waals surface area contributed by atoms with Crippen molar-refractivity contribution in [1.82, 2.24) is 10.3 Å². The van der Waals surface area contributed by atoms with Gasteiger partial charge in [0.25, 0.3) is 5.91 Å². The summed E-state index contributed by atoms with van der Waals surface area (Å²) in [6, 6.07) is 7.71. The van der Waals surface area contributed by atoms with Gasteiger partial charge < -0.3 is 10.1 Å². The van der Waals surface area contributed by atoms with Crippen LogP contribution in [0.5, 0.6) is 0 Å². The van der Waals surface area contributed by atoms with Crippen LogP contribution in [0.3, 0.4) is 0 Å². The fourth-order valence-electron chi connectivity index (χ4n) is 2.28. The van der Waals surface area contributed by atoms with Crippen molar-refractivity contribution in [3.05, 3.63) is 46.4 Å². The SMILES string of the molecule is O=C(NCC1CCCO1)c1ccc(SCc2cscn2)cc1. The number of carbonyl (C=O) groups is 1. The Morgan fingerprint density at radius 3 is 2.95 bits per heavy atom. The van der Waals surface area contributed by atoms with Crippen molar-refractivity contribution in [2.45, 2.75) is 29.6 Å². The third-order valence-corrected chi connectivity index (χ3v) is 5.18. The molecule has 0 saturated carbocycles. The molecule has 1 fully saturated rings. The van der Waals surface area contributed by atoms with Crippen molar-refractivity contribution >= 4 is 29.0 Å². The van der Waals surface area contributed by atoms with E-state index < -0.39 is 0 Å². The number of aromatic nitrogens is 1. The molecule has 2 heterocycles. The van der Waals surface area contributed by atoms with Crippen LogP contribution < -0.4 is 5.32 Å². The van der Waals surface area contributed by atoms with Crippen LogP contribution in [-0.2, 0) is 10.5 Å². The fraction of sp³-hybridized carbons (Fsp3) is 0.375. The highest BCUT2D eigenvalue weighted by atomic mass is 32.2. The van der Waals surface area contributed by atoms with E-state index in [2.05, 4.69) is 15.7 Å². The number of rotatable bonds is 6. The Morgan fingerprint density at radius 2 is 2.27 bits per heavy atom. The zero-order valence-corrected chi connectivity index (χ0v) is 13.8. The van der Waals surface area contributed by atoms with Gasteiger partial charge in [-0.3, -0.25) is 4.79 Å². The first kappa shape index (κ1) is 15.5. The van der Waals surface area contributed by atoms with Gasteiger partial charge in [-0.25, -0.2) is 4.98 Å². The van der Waals surface area contributed by atoms with Crippen LogP contribution in [0.25, 0.3) is 0 Å². The van der Waals surface area contributed by atoms with Crippen LogP contribution >= 0.6 is 23.1 Å².